The summed E-state index contributed by atoms with van der Waals surface area (Å²) in [6, 6.07) is 5.48. The Bertz CT molecular complexity index is 869. The van der Waals surface area contributed by atoms with E-state index < -0.39 is 23.7 Å². The van der Waals surface area contributed by atoms with Crippen LogP contribution in [0.5, 0.6) is 5.75 Å². The summed E-state index contributed by atoms with van der Waals surface area (Å²) in [4.78, 5) is 51.8. The highest BCUT2D eigenvalue weighted by molar-refractivity contribution is 6.05. The molecule has 2 aliphatic heterocycles. The van der Waals surface area contributed by atoms with Gasteiger partial charge in [0.05, 0.1) is 12.3 Å². The zero-order valence-electron chi connectivity index (χ0n) is 19.4. The zero-order chi connectivity index (χ0) is 24.5. The number of carboxylic acid groups (broad SMARTS) is 1. The van der Waals surface area contributed by atoms with E-state index in [-0.39, 0.29) is 36.7 Å². The first-order valence-corrected chi connectivity index (χ1v) is 12.0. The number of piperidine rings is 2. The van der Waals surface area contributed by atoms with Crippen LogP contribution >= 0.6 is 0 Å². The summed E-state index contributed by atoms with van der Waals surface area (Å²) < 4.78 is 0. The fraction of sp³-hybridized carbons (Fsp3) is 0.583. The molecule has 0 aromatic heterocycles. The normalized spacial score (nSPS) is 18.9. The lowest BCUT2D eigenvalue weighted by Gasteiger charge is -2.35. The number of nitrogens with zero attached hydrogens (tertiary/aromatic N) is 2. The molecule has 3 rings (SSSR count). The van der Waals surface area contributed by atoms with Crippen molar-refractivity contribution >= 4 is 23.7 Å². The molecule has 1 aromatic carbocycles. The van der Waals surface area contributed by atoms with E-state index in [9.17, 15) is 24.3 Å². The Kier molecular flexibility index (Phi) is 9.41. The van der Waals surface area contributed by atoms with Gasteiger partial charge in [-0.3, -0.25) is 19.2 Å². The number of amides is 3. The molecule has 2 fully saturated rings. The summed E-state index contributed by atoms with van der Waals surface area (Å²) >= 11 is 0. The molecule has 0 aliphatic carbocycles. The molecule has 1 atom stereocenters. The predicted octanol–water partition coefficient (Wildman–Crippen LogP) is 1.36. The number of phenolic OH excluding ortho intramolecular Hbond substituents is 1. The van der Waals surface area contributed by atoms with E-state index in [4.69, 9.17) is 5.11 Å². The lowest BCUT2D eigenvalue weighted by molar-refractivity contribution is -0.142. The maximum absolute atomic E-state index is 13.3. The second-order valence-electron chi connectivity index (χ2n) is 8.99. The molecule has 34 heavy (non-hydrogen) atoms. The second-order valence-corrected chi connectivity index (χ2v) is 8.99. The van der Waals surface area contributed by atoms with Gasteiger partial charge in [-0.25, -0.2) is 10.4 Å². The number of aromatic hydroxyl groups is 1. The van der Waals surface area contributed by atoms with Gasteiger partial charge in [-0.05, 0) is 75.4 Å². The molecular weight excluding hydrogens is 440 g/mol. The highest BCUT2D eigenvalue weighted by Gasteiger charge is 2.34. The molecule has 1 aromatic rings. The number of aliphatic carboxylic acids is 1. The first-order chi connectivity index (χ1) is 16.3. The quantitative estimate of drug-likeness (QED) is 0.311. The van der Waals surface area contributed by atoms with Crippen LogP contribution in [0.3, 0.4) is 0 Å². The van der Waals surface area contributed by atoms with Crippen LogP contribution in [-0.4, -0.2) is 76.5 Å². The summed E-state index contributed by atoms with van der Waals surface area (Å²) in [5.41, 5.74) is 2.84. The number of phenols is 1. The van der Waals surface area contributed by atoms with Crippen LogP contribution in [0.2, 0.25) is 0 Å². The van der Waals surface area contributed by atoms with Gasteiger partial charge in [-0.15, -0.1) is 0 Å². The van der Waals surface area contributed by atoms with Crippen LogP contribution in [-0.2, 0) is 14.4 Å². The molecule has 0 radical (unpaired) electrons. The number of imide groups is 1. The Morgan fingerprint density at radius 2 is 1.76 bits per heavy atom. The van der Waals surface area contributed by atoms with Crippen molar-refractivity contribution in [3.63, 3.8) is 0 Å². The Morgan fingerprint density at radius 1 is 1.06 bits per heavy atom. The van der Waals surface area contributed by atoms with Crippen molar-refractivity contribution in [2.24, 2.45) is 11.8 Å². The number of carboxylic acids is 1. The van der Waals surface area contributed by atoms with Crippen LogP contribution in [0, 0.1) is 11.8 Å². The van der Waals surface area contributed by atoms with E-state index in [0.717, 1.165) is 37.4 Å². The minimum Gasteiger partial charge on any atom is -0.508 e. The number of hydrogen-bond donors (Lipinski definition) is 4. The lowest BCUT2D eigenvalue weighted by atomic mass is 9.92. The number of hydrogen-bond acceptors (Lipinski definition) is 7. The number of benzene rings is 1. The lowest BCUT2D eigenvalue weighted by Crippen LogP contribution is -2.53. The summed E-state index contributed by atoms with van der Waals surface area (Å²) in [5, 5.41) is 22.6. The third-order valence-electron chi connectivity index (χ3n) is 6.50. The molecule has 0 saturated carbocycles. The van der Waals surface area contributed by atoms with Crippen molar-refractivity contribution < 1.29 is 29.4 Å². The zero-order valence-corrected chi connectivity index (χ0v) is 19.4. The third kappa shape index (κ3) is 7.26. The van der Waals surface area contributed by atoms with Gasteiger partial charge in [0.2, 0.25) is 11.8 Å². The van der Waals surface area contributed by atoms with Gasteiger partial charge in [0, 0.05) is 31.6 Å². The minimum atomic E-state index is -1.06. The topological polar surface area (TPSA) is 139 Å². The van der Waals surface area contributed by atoms with Crippen molar-refractivity contribution in [3.8, 4) is 5.75 Å². The molecule has 0 spiro atoms. The number of hydrazine groups is 1. The molecule has 2 aliphatic rings. The first-order valence-electron chi connectivity index (χ1n) is 12.0. The van der Waals surface area contributed by atoms with Crippen LogP contribution in [0.1, 0.15) is 55.3 Å². The van der Waals surface area contributed by atoms with Crippen molar-refractivity contribution in [1.29, 1.82) is 0 Å². The van der Waals surface area contributed by atoms with Gasteiger partial charge in [0.15, 0.2) is 0 Å². The predicted molar refractivity (Wildman–Crippen MR) is 124 cm³/mol. The molecule has 10 nitrogen and oxygen atoms in total. The standard InChI is InChI=1S/C24H34N4O6/c29-20-6-4-18(5-7-20)23(33)28(26-14-11-22(31)32)24(34)19-2-1-15-27(16-19)21(30)8-3-17-9-12-25-13-10-17/h4-7,17,19,25-26,29H,1-3,8-16H2,(H,31,32)/t19-/m1/s1. The van der Waals surface area contributed by atoms with Gasteiger partial charge in [0.25, 0.3) is 5.91 Å². The number of nitrogens with one attached hydrogen (secondary N) is 2. The van der Waals surface area contributed by atoms with Crippen LogP contribution < -0.4 is 10.7 Å². The molecule has 0 unspecified atom stereocenters. The van der Waals surface area contributed by atoms with Crippen LogP contribution in [0.4, 0.5) is 0 Å². The Hall–Kier alpha value is -2.98. The van der Waals surface area contributed by atoms with E-state index in [1.807, 2.05) is 0 Å². The Labute approximate surface area is 199 Å². The van der Waals surface area contributed by atoms with E-state index in [1.54, 1.807) is 4.90 Å². The van der Waals surface area contributed by atoms with Gasteiger partial charge < -0.3 is 20.4 Å². The molecule has 10 heteroatoms. The molecule has 3 amide bonds. The van der Waals surface area contributed by atoms with Gasteiger partial charge in [-0.1, -0.05) is 0 Å². The van der Waals surface area contributed by atoms with Gasteiger partial charge >= 0.3 is 5.97 Å². The summed E-state index contributed by atoms with van der Waals surface area (Å²) in [5.74, 6) is -2.17. The van der Waals surface area contributed by atoms with E-state index >= 15 is 0 Å². The molecular formula is C24H34N4O6. The fourth-order valence-electron chi connectivity index (χ4n) is 4.50. The van der Waals surface area contributed by atoms with Crippen molar-refractivity contribution in [1.82, 2.24) is 20.7 Å². The summed E-state index contributed by atoms with van der Waals surface area (Å²) in [6.45, 7) is 2.70. The molecule has 4 N–H and O–H groups in total. The highest BCUT2D eigenvalue weighted by atomic mass is 16.4. The molecule has 0 bridgehead atoms. The van der Waals surface area contributed by atoms with Crippen molar-refractivity contribution in [2.75, 3.05) is 32.7 Å². The Morgan fingerprint density at radius 3 is 2.44 bits per heavy atom. The highest BCUT2D eigenvalue weighted by Crippen LogP contribution is 2.23. The summed E-state index contributed by atoms with van der Waals surface area (Å²) in [7, 11) is 0. The van der Waals surface area contributed by atoms with E-state index in [1.165, 1.54) is 24.3 Å². The van der Waals surface area contributed by atoms with Crippen LogP contribution in [0.15, 0.2) is 24.3 Å². The van der Waals surface area contributed by atoms with Crippen molar-refractivity contribution in [3.05, 3.63) is 29.8 Å². The summed E-state index contributed by atoms with van der Waals surface area (Å²) in [6.07, 6.45) is 4.38. The smallest absolute Gasteiger partial charge is 0.304 e. The third-order valence-corrected chi connectivity index (χ3v) is 6.50. The maximum Gasteiger partial charge on any atom is 0.304 e. The van der Waals surface area contributed by atoms with Crippen molar-refractivity contribution in [2.45, 2.75) is 44.9 Å². The maximum atomic E-state index is 13.3. The fourth-order valence-corrected chi connectivity index (χ4v) is 4.50. The number of carbonyl (C=O) groups is 4. The van der Waals surface area contributed by atoms with Crippen LogP contribution in [0.25, 0.3) is 0 Å². The number of rotatable bonds is 9. The molecule has 186 valence electrons. The SMILES string of the molecule is O=C(O)CCNN(C(=O)c1ccc(O)cc1)C(=O)[C@@H]1CCCN(C(=O)CCC2CCNCC2)C1. The second kappa shape index (κ2) is 12.5. The monoisotopic (exact) mass is 474 g/mol. The molecule has 2 heterocycles. The van der Waals surface area contributed by atoms with Gasteiger partial charge in [-0.2, -0.15) is 0 Å². The Balaban J connectivity index is 1.63. The van der Waals surface area contributed by atoms with E-state index in [0.29, 0.717) is 31.7 Å². The minimum absolute atomic E-state index is 0.0146. The molecule has 2 saturated heterocycles. The largest absolute Gasteiger partial charge is 0.508 e. The van der Waals surface area contributed by atoms with Gasteiger partial charge in [0.1, 0.15) is 5.75 Å². The average Bonchev–Trinajstić information content (AvgIpc) is 2.85. The van der Waals surface area contributed by atoms with E-state index in [2.05, 4.69) is 10.7 Å². The first kappa shape index (κ1) is 25.6. The number of carbonyl (C=O) groups excluding carboxylic acids is 3. The average molecular weight is 475 g/mol. The number of likely N-dealkylation sites (tertiary alicyclic amines) is 1.